The first-order valence-corrected chi connectivity index (χ1v) is 12.8. The number of allylic oxidation sites excluding steroid dienone is 1. The maximum atomic E-state index is 12.4. The first-order valence-electron chi connectivity index (χ1n) is 12.8. The number of amides is 1. The smallest absolute Gasteiger partial charge is 0.251 e. The molecule has 1 amide bonds. The van der Waals surface area contributed by atoms with Crippen LogP contribution in [0.4, 0.5) is 0 Å². The lowest BCUT2D eigenvalue weighted by molar-refractivity contribution is 0.0953. The maximum absolute atomic E-state index is 12.4. The number of carbonyl (C=O) groups excluding carboxylic acids is 1. The van der Waals surface area contributed by atoms with Crippen LogP contribution in [0.2, 0.25) is 0 Å². The SMILES string of the molecule is C/C=C/c1ccc(OCCCn2c(CCCNC(=O)c3ccc(C)cc3)nc3ccccc32)c(OC)c1. The van der Waals surface area contributed by atoms with Crippen molar-refractivity contribution in [3.63, 3.8) is 0 Å². The average Bonchev–Trinajstić information content (AvgIpc) is 3.27. The minimum Gasteiger partial charge on any atom is -0.493 e. The summed E-state index contributed by atoms with van der Waals surface area (Å²) in [4.78, 5) is 17.3. The third-order valence-corrected chi connectivity index (χ3v) is 6.24. The first-order chi connectivity index (χ1) is 18.1. The lowest BCUT2D eigenvalue weighted by atomic mass is 10.1. The van der Waals surface area contributed by atoms with Gasteiger partial charge in [-0.2, -0.15) is 0 Å². The number of imidazole rings is 1. The van der Waals surface area contributed by atoms with Crippen LogP contribution >= 0.6 is 0 Å². The quantitative estimate of drug-likeness (QED) is 0.236. The number of hydrogen-bond acceptors (Lipinski definition) is 4. The Morgan fingerprint density at radius 1 is 1.03 bits per heavy atom. The number of aromatic nitrogens is 2. The Hall–Kier alpha value is -4.06. The molecular formula is C31H35N3O3. The number of ether oxygens (including phenoxy) is 2. The van der Waals surface area contributed by atoms with Crippen LogP contribution in [0, 0.1) is 6.92 Å². The maximum Gasteiger partial charge on any atom is 0.251 e. The van der Waals surface area contributed by atoms with E-state index in [0.29, 0.717) is 18.7 Å². The highest BCUT2D eigenvalue weighted by Crippen LogP contribution is 2.29. The van der Waals surface area contributed by atoms with E-state index in [-0.39, 0.29) is 5.91 Å². The van der Waals surface area contributed by atoms with E-state index in [2.05, 4.69) is 16.0 Å². The summed E-state index contributed by atoms with van der Waals surface area (Å²) in [5, 5.41) is 3.02. The van der Waals surface area contributed by atoms with Crippen LogP contribution in [-0.4, -0.2) is 35.7 Å². The molecule has 0 fully saturated rings. The molecule has 0 aliphatic rings. The van der Waals surface area contributed by atoms with Gasteiger partial charge in [0, 0.05) is 25.1 Å². The molecule has 0 unspecified atom stereocenters. The van der Waals surface area contributed by atoms with Gasteiger partial charge in [-0.1, -0.05) is 48.0 Å². The molecule has 192 valence electrons. The molecular weight excluding hydrogens is 462 g/mol. The molecule has 6 nitrogen and oxygen atoms in total. The van der Waals surface area contributed by atoms with Crippen molar-refractivity contribution >= 4 is 23.0 Å². The first kappa shape index (κ1) is 26.0. The van der Waals surface area contributed by atoms with Crippen LogP contribution in [-0.2, 0) is 13.0 Å². The molecule has 37 heavy (non-hydrogen) atoms. The van der Waals surface area contributed by atoms with Gasteiger partial charge in [-0.3, -0.25) is 4.79 Å². The van der Waals surface area contributed by atoms with Gasteiger partial charge in [-0.15, -0.1) is 0 Å². The van der Waals surface area contributed by atoms with E-state index < -0.39 is 0 Å². The van der Waals surface area contributed by atoms with Crippen molar-refractivity contribution in [1.82, 2.24) is 14.9 Å². The predicted molar refractivity (Wildman–Crippen MR) is 149 cm³/mol. The summed E-state index contributed by atoms with van der Waals surface area (Å²) in [7, 11) is 1.66. The number of methoxy groups -OCH3 is 1. The molecule has 0 bridgehead atoms. The van der Waals surface area contributed by atoms with E-state index in [9.17, 15) is 4.79 Å². The lowest BCUT2D eigenvalue weighted by Crippen LogP contribution is -2.25. The van der Waals surface area contributed by atoms with Crippen molar-refractivity contribution in [2.45, 2.75) is 39.7 Å². The Labute approximate surface area is 218 Å². The molecule has 4 aromatic rings. The molecule has 4 rings (SSSR count). The summed E-state index contributed by atoms with van der Waals surface area (Å²) in [6, 6.07) is 21.8. The second-order valence-electron chi connectivity index (χ2n) is 9.01. The minimum atomic E-state index is -0.0418. The zero-order valence-electron chi connectivity index (χ0n) is 21.9. The molecule has 0 radical (unpaired) electrons. The molecule has 0 aliphatic carbocycles. The van der Waals surface area contributed by atoms with E-state index in [1.165, 1.54) is 0 Å². The van der Waals surface area contributed by atoms with E-state index in [1.54, 1.807) is 7.11 Å². The van der Waals surface area contributed by atoms with Gasteiger partial charge in [0.05, 0.1) is 24.8 Å². The van der Waals surface area contributed by atoms with Crippen molar-refractivity contribution in [2.75, 3.05) is 20.3 Å². The largest absolute Gasteiger partial charge is 0.493 e. The fourth-order valence-corrected chi connectivity index (χ4v) is 4.33. The van der Waals surface area contributed by atoms with Gasteiger partial charge in [0.15, 0.2) is 11.5 Å². The molecule has 0 atom stereocenters. The minimum absolute atomic E-state index is 0.0418. The lowest BCUT2D eigenvalue weighted by Gasteiger charge is -2.13. The second-order valence-corrected chi connectivity index (χ2v) is 9.01. The fraction of sp³-hybridized carbons (Fsp3) is 0.290. The highest BCUT2D eigenvalue weighted by Gasteiger charge is 2.12. The van der Waals surface area contributed by atoms with Gasteiger partial charge < -0.3 is 19.4 Å². The number of rotatable bonds is 12. The van der Waals surface area contributed by atoms with Gasteiger partial charge in [0.1, 0.15) is 5.82 Å². The zero-order chi connectivity index (χ0) is 26.0. The molecule has 0 aliphatic heterocycles. The van der Waals surface area contributed by atoms with Crippen LogP contribution in [0.1, 0.15) is 47.1 Å². The molecule has 1 heterocycles. The van der Waals surface area contributed by atoms with Crippen LogP contribution in [0.25, 0.3) is 17.1 Å². The van der Waals surface area contributed by atoms with Crippen LogP contribution in [0.5, 0.6) is 11.5 Å². The van der Waals surface area contributed by atoms with E-state index in [1.807, 2.05) is 86.7 Å². The Bertz CT molecular complexity index is 1360. The van der Waals surface area contributed by atoms with Gasteiger partial charge in [0.25, 0.3) is 5.91 Å². The summed E-state index contributed by atoms with van der Waals surface area (Å²) >= 11 is 0. The molecule has 0 saturated carbocycles. The van der Waals surface area contributed by atoms with Crippen molar-refractivity contribution in [3.05, 3.63) is 95.3 Å². The number of fused-ring (bicyclic) bond motifs is 1. The van der Waals surface area contributed by atoms with Crippen molar-refractivity contribution in [3.8, 4) is 11.5 Å². The number of nitrogens with one attached hydrogen (secondary N) is 1. The summed E-state index contributed by atoms with van der Waals surface area (Å²) in [6.45, 7) is 5.97. The second kappa shape index (κ2) is 12.8. The molecule has 6 heteroatoms. The number of benzene rings is 3. The summed E-state index contributed by atoms with van der Waals surface area (Å²) in [5.41, 5.74) is 5.02. The molecule has 0 saturated heterocycles. The zero-order valence-corrected chi connectivity index (χ0v) is 21.9. The number of carbonyl (C=O) groups is 1. The van der Waals surface area contributed by atoms with Gasteiger partial charge in [-0.05, 0) is 68.7 Å². The van der Waals surface area contributed by atoms with Crippen molar-refractivity contribution < 1.29 is 14.3 Å². The van der Waals surface area contributed by atoms with E-state index in [0.717, 1.165) is 65.3 Å². The average molecular weight is 498 g/mol. The van der Waals surface area contributed by atoms with Crippen molar-refractivity contribution in [1.29, 1.82) is 0 Å². The highest BCUT2D eigenvalue weighted by molar-refractivity contribution is 5.94. The third-order valence-electron chi connectivity index (χ3n) is 6.24. The number of para-hydroxylation sites is 2. The van der Waals surface area contributed by atoms with E-state index in [4.69, 9.17) is 14.5 Å². The number of nitrogens with zero attached hydrogens (tertiary/aromatic N) is 2. The molecule has 1 N–H and O–H groups in total. The van der Waals surface area contributed by atoms with Crippen LogP contribution < -0.4 is 14.8 Å². The standard InChI is InChI=1S/C31H35N3O3/c1-4-9-24-15-18-28(29(22-24)36-3)37-21-8-20-34-27-11-6-5-10-26(27)33-30(34)12-7-19-32-31(35)25-16-13-23(2)14-17-25/h4-6,9-11,13-18,22H,7-8,12,19-21H2,1-3H3,(H,32,35)/b9-4+. The Balaban J connectivity index is 1.33. The number of aryl methyl sites for hydroxylation is 3. The number of hydrogen-bond donors (Lipinski definition) is 1. The van der Waals surface area contributed by atoms with Crippen LogP contribution in [0.15, 0.2) is 72.8 Å². The summed E-state index contributed by atoms with van der Waals surface area (Å²) in [5.74, 6) is 2.46. The Morgan fingerprint density at radius 3 is 2.62 bits per heavy atom. The Morgan fingerprint density at radius 2 is 1.84 bits per heavy atom. The molecule has 3 aromatic carbocycles. The van der Waals surface area contributed by atoms with E-state index >= 15 is 0 Å². The monoisotopic (exact) mass is 497 g/mol. The topological polar surface area (TPSA) is 65.4 Å². The molecule has 1 aromatic heterocycles. The predicted octanol–water partition coefficient (Wildman–Crippen LogP) is 6.22. The summed E-state index contributed by atoms with van der Waals surface area (Å²) < 4.78 is 13.8. The Kier molecular flexibility index (Phi) is 8.98. The highest BCUT2D eigenvalue weighted by atomic mass is 16.5. The van der Waals surface area contributed by atoms with Gasteiger partial charge in [0.2, 0.25) is 0 Å². The molecule has 0 spiro atoms. The van der Waals surface area contributed by atoms with Gasteiger partial charge in [-0.25, -0.2) is 4.98 Å². The third kappa shape index (κ3) is 6.79. The van der Waals surface area contributed by atoms with Crippen LogP contribution in [0.3, 0.4) is 0 Å². The van der Waals surface area contributed by atoms with Gasteiger partial charge >= 0.3 is 0 Å². The fourth-order valence-electron chi connectivity index (χ4n) is 4.33. The summed E-state index contributed by atoms with van der Waals surface area (Å²) in [6.07, 6.45) is 6.46. The van der Waals surface area contributed by atoms with Crippen molar-refractivity contribution in [2.24, 2.45) is 0 Å². The normalized spacial score (nSPS) is 11.2.